The molecule has 0 radical (unpaired) electrons. The number of hydrogen-bond donors (Lipinski definition) is 1. The van der Waals surface area contributed by atoms with Gasteiger partial charge in [0.25, 0.3) is 0 Å². The standard InChI is InChI=1S/C16H20N2O2S/c1-10-5-11(2)7-14(6-10)17-16(19)9-21-8-15-12(3)18-20-13(15)4/h5-7H,8-9H2,1-4H3,(H,17,19). The fraction of sp³-hybridized carbons (Fsp3) is 0.375. The summed E-state index contributed by atoms with van der Waals surface area (Å²) in [5.74, 6) is 1.99. The van der Waals surface area contributed by atoms with Crippen molar-refractivity contribution in [2.75, 3.05) is 11.1 Å². The van der Waals surface area contributed by atoms with E-state index < -0.39 is 0 Å². The number of aryl methyl sites for hydroxylation is 4. The van der Waals surface area contributed by atoms with Crippen LogP contribution in [0.4, 0.5) is 5.69 Å². The summed E-state index contributed by atoms with van der Waals surface area (Å²) in [7, 11) is 0. The van der Waals surface area contributed by atoms with Crippen LogP contribution in [0.5, 0.6) is 0 Å². The number of carbonyl (C=O) groups is 1. The van der Waals surface area contributed by atoms with E-state index in [-0.39, 0.29) is 5.91 Å². The average molecular weight is 304 g/mol. The molecule has 0 fully saturated rings. The van der Waals surface area contributed by atoms with Crippen molar-refractivity contribution in [2.24, 2.45) is 0 Å². The number of nitrogens with zero attached hydrogens (tertiary/aromatic N) is 1. The fourth-order valence-corrected chi connectivity index (χ4v) is 3.17. The van der Waals surface area contributed by atoms with E-state index in [9.17, 15) is 4.79 Å². The van der Waals surface area contributed by atoms with E-state index in [4.69, 9.17) is 4.52 Å². The highest BCUT2D eigenvalue weighted by Crippen LogP contribution is 2.20. The highest BCUT2D eigenvalue weighted by Gasteiger charge is 2.10. The van der Waals surface area contributed by atoms with Crippen LogP contribution in [0, 0.1) is 27.7 Å². The van der Waals surface area contributed by atoms with Gasteiger partial charge < -0.3 is 9.84 Å². The molecule has 0 aliphatic carbocycles. The van der Waals surface area contributed by atoms with Crippen LogP contribution in [0.3, 0.4) is 0 Å². The molecule has 5 heteroatoms. The summed E-state index contributed by atoms with van der Waals surface area (Å²) >= 11 is 1.56. The van der Waals surface area contributed by atoms with Crippen LogP contribution in [0.2, 0.25) is 0 Å². The second kappa shape index (κ2) is 6.80. The van der Waals surface area contributed by atoms with Crippen LogP contribution in [0.25, 0.3) is 0 Å². The van der Waals surface area contributed by atoms with Gasteiger partial charge in [-0.25, -0.2) is 0 Å². The van der Waals surface area contributed by atoms with Crippen LogP contribution in [0.1, 0.15) is 28.1 Å². The molecule has 0 atom stereocenters. The maximum atomic E-state index is 12.0. The van der Waals surface area contributed by atoms with E-state index in [0.717, 1.165) is 39.6 Å². The SMILES string of the molecule is Cc1cc(C)cc(NC(=O)CSCc2c(C)noc2C)c1. The molecule has 0 aliphatic rings. The summed E-state index contributed by atoms with van der Waals surface area (Å²) in [6, 6.07) is 6.04. The lowest BCUT2D eigenvalue weighted by atomic mass is 10.1. The molecule has 0 bridgehead atoms. The van der Waals surface area contributed by atoms with Gasteiger partial charge in [0.2, 0.25) is 5.91 Å². The van der Waals surface area contributed by atoms with Gasteiger partial charge in [-0.15, -0.1) is 11.8 Å². The zero-order valence-corrected chi connectivity index (χ0v) is 13.6. The first-order chi connectivity index (χ1) is 9.95. The number of carbonyl (C=O) groups excluding carboxylic acids is 1. The van der Waals surface area contributed by atoms with Crippen LogP contribution in [-0.2, 0) is 10.5 Å². The second-order valence-corrected chi connectivity index (χ2v) is 6.21. The average Bonchev–Trinajstić information content (AvgIpc) is 2.69. The molecule has 1 amide bonds. The number of benzene rings is 1. The molecule has 1 aromatic heterocycles. The third kappa shape index (κ3) is 4.36. The Morgan fingerprint density at radius 1 is 1.19 bits per heavy atom. The van der Waals surface area contributed by atoms with Crippen LogP contribution >= 0.6 is 11.8 Å². The van der Waals surface area contributed by atoms with Gasteiger partial charge in [0, 0.05) is 17.0 Å². The Hall–Kier alpha value is -1.75. The highest BCUT2D eigenvalue weighted by molar-refractivity contribution is 7.99. The maximum Gasteiger partial charge on any atom is 0.234 e. The van der Waals surface area contributed by atoms with Crippen molar-refractivity contribution < 1.29 is 9.32 Å². The van der Waals surface area contributed by atoms with Gasteiger partial charge in [0.15, 0.2) is 0 Å². The Morgan fingerprint density at radius 3 is 2.43 bits per heavy atom. The minimum Gasteiger partial charge on any atom is -0.361 e. The first-order valence-electron chi connectivity index (χ1n) is 6.83. The Morgan fingerprint density at radius 2 is 1.86 bits per heavy atom. The summed E-state index contributed by atoms with van der Waals surface area (Å²) in [4.78, 5) is 12.0. The quantitative estimate of drug-likeness (QED) is 0.913. The molecule has 0 saturated heterocycles. The molecule has 0 unspecified atom stereocenters. The summed E-state index contributed by atoms with van der Waals surface area (Å²) in [5.41, 5.74) is 5.13. The Bertz CT molecular complexity index is 610. The number of thioether (sulfide) groups is 1. The summed E-state index contributed by atoms with van der Waals surface area (Å²) in [6.07, 6.45) is 0. The molecule has 1 heterocycles. The number of nitrogens with one attached hydrogen (secondary N) is 1. The third-order valence-corrected chi connectivity index (χ3v) is 4.13. The van der Waals surface area contributed by atoms with E-state index in [0.29, 0.717) is 5.75 Å². The van der Waals surface area contributed by atoms with Gasteiger partial charge in [-0.3, -0.25) is 4.79 Å². The second-order valence-electron chi connectivity index (χ2n) is 5.22. The van der Waals surface area contributed by atoms with Gasteiger partial charge >= 0.3 is 0 Å². The van der Waals surface area contributed by atoms with Gasteiger partial charge in [-0.05, 0) is 51.0 Å². The first kappa shape index (κ1) is 15.6. The van der Waals surface area contributed by atoms with E-state index in [1.54, 1.807) is 11.8 Å². The monoisotopic (exact) mass is 304 g/mol. The number of anilines is 1. The molecule has 0 spiro atoms. The lowest BCUT2D eigenvalue weighted by Gasteiger charge is -2.07. The lowest BCUT2D eigenvalue weighted by Crippen LogP contribution is -2.14. The minimum atomic E-state index is 0.0109. The maximum absolute atomic E-state index is 12.0. The van der Waals surface area contributed by atoms with E-state index in [1.165, 1.54) is 0 Å². The molecule has 4 nitrogen and oxygen atoms in total. The smallest absolute Gasteiger partial charge is 0.234 e. The number of rotatable bonds is 5. The molecule has 2 aromatic rings. The predicted octanol–water partition coefficient (Wildman–Crippen LogP) is 3.78. The lowest BCUT2D eigenvalue weighted by molar-refractivity contribution is -0.113. The molecular formula is C16H20N2O2S. The van der Waals surface area contributed by atoms with Crippen LogP contribution in [0.15, 0.2) is 22.7 Å². The van der Waals surface area contributed by atoms with Crippen molar-refractivity contribution in [2.45, 2.75) is 33.4 Å². The van der Waals surface area contributed by atoms with Gasteiger partial charge in [0.05, 0.1) is 11.4 Å². The molecule has 0 aliphatic heterocycles. The number of aromatic nitrogens is 1. The van der Waals surface area contributed by atoms with Crippen molar-refractivity contribution in [3.05, 3.63) is 46.3 Å². The first-order valence-corrected chi connectivity index (χ1v) is 7.99. The van der Waals surface area contributed by atoms with E-state index in [1.807, 2.05) is 39.8 Å². The summed E-state index contributed by atoms with van der Waals surface area (Å²) in [5, 5.41) is 6.85. The molecule has 21 heavy (non-hydrogen) atoms. The van der Waals surface area contributed by atoms with Crippen molar-refractivity contribution in [1.82, 2.24) is 5.16 Å². The Balaban J connectivity index is 1.85. The van der Waals surface area contributed by atoms with E-state index in [2.05, 4.69) is 16.5 Å². The van der Waals surface area contributed by atoms with Crippen molar-refractivity contribution in [3.63, 3.8) is 0 Å². The fourth-order valence-electron chi connectivity index (χ4n) is 2.20. The van der Waals surface area contributed by atoms with Gasteiger partial charge in [-0.2, -0.15) is 0 Å². The van der Waals surface area contributed by atoms with Gasteiger partial charge in [-0.1, -0.05) is 11.2 Å². The highest BCUT2D eigenvalue weighted by atomic mass is 32.2. The molecule has 0 saturated carbocycles. The number of hydrogen-bond acceptors (Lipinski definition) is 4. The Kier molecular flexibility index (Phi) is 5.07. The zero-order chi connectivity index (χ0) is 15.4. The van der Waals surface area contributed by atoms with E-state index >= 15 is 0 Å². The minimum absolute atomic E-state index is 0.0109. The van der Waals surface area contributed by atoms with Crippen molar-refractivity contribution in [1.29, 1.82) is 0 Å². The molecule has 112 valence electrons. The molecule has 2 rings (SSSR count). The third-order valence-electron chi connectivity index (χ3n) is 3.17. The van der Waals surface area contributed by atoms with Gasteiger partial charge in [0.1, 0.15) is 5.76 Å². The largest absolute Gasteiger partial charge is 0.361 e. The normalized spacial score (nSPS) is 10.7. The van der Waals surface area contributed by atoms with Crippen LogP contribution < -0.4 is 5.32 Å². The topological polar surface area (TPSA) is 55.1 Å². The Labute approximate surface area is 129 Å². The summed E-state index contributed by atoms with van der Waals surface area (Å²) in [6.45, 7) is 7.86. The predicted molar refractivity (Wildman–Crippen MR) is 86.7 cm³/mol. The van der Waals surface area contributed by atoms with Crippen molar-refractivity contribution >= 4 is 23.4 Å². The molecule has 1 N–H and O–H groups in total. The summed E-state index contributed by atoms with van der Waals surface area (Å²) < 4.78 is 5.11. The van der Waals surface area contributed by atoms with Crippen LogP contribution in [-0.4, -0.2) is 16.8 Å². The molecular weight excluding hydrogens is 284 g/mol. The van der Waals surface area contributed by atoms with Crippen molar-refractivity contribution in [3.8, 4) is 0 Å². The number of amides is 1. The molecule has 1 aromatic carbocycles. The zero-order valence-electron chi connectivity index (χ0n) is 12.8.